The second kappa shape index (κ2) is 4.54. The van der Waals surface area contributed by atoms with Crippen LogP contribution in [0.4, 0.5) is 8.78 Å². The molecule has 1 saturated heterocycles. The Morgan fingerprint density at radius 1 is 1.41 bits per heavy atom. The van der Waals surface area contributed by atoms with Gasteiger partial charge in [0.2, 0.25) is 0 Å². The topological polar surface area (TPSA) is 33.5 Å². The van der Waals surface area contributed by atoms with Crippen molar-refractivity contribution in [3.63, 3.8) is 0 Å². The van der Waals surface area contributed by atoms with E-state index in [1.54, 1.807) is 4.90 Å². The van der Waals surface area contributed by atoms with Crippen molar-refractivity contribution in [2.24, 2.45) is 11.8 Å². The summed E-state index contributed by atoms with van der Waals surface area (Å²) in [5.74, 6) is -3.96. The van der Waals surface area contributed by atoms with E-state index < -0.39 is 17.8 Å². The highest BCUT2D eigenvalue weighted by Crippen LogP contribution is 2.59. The molecule has 2 atom stereocenters. The molecule has 2 heterocycles. The number of furan rings is 1. The molecule has 22 heavy (non-hydrogen) atoms. The first-order chi connectivity index (χ1) is 10.5. The van der Waals surface area contributed by atoms with Gasteiger partial charge in [-0.2, -0.15) is 0 Å². The number of amides is 1. The minimum atomic E-state index is -2.58. The Bertz CT molecular complexity index is 752. The molecule has 0 unspecified atom stereocenters. The fourth-order valence-electron chi connectivity index (χ4n) is 3.54. The number of fused-ring (bicyclic) bond motifs is 2. The summed E-state index contributed by atoms with van der Waals surface area (Å²) in [5, 5.41) is 0.772. The van der Waals surface area contributed by atoms with Crippen LogP contribution in [-0.4, -0.2) is 29.8 Å². The van der Waals surface area contributed by atoms with Crippen molar-refractivity contribution < 1.29 is 18.0 Å². The van der Waals surface area contributed by atoms with Gasteiger partial charge in [-0.15, -0.1) is 0 Å². The zero-order valence-electron chi connectivity index (χ0n) is 12.3. The minimum absolute atomic E-state index is 0.149. The number of nitrogens with zero attached hydrogens (tertiary/aromatic N) is 1. The van der Waals surface area contributed by atoms with Crippen molar-refractivity contribution in [2.75, 3.05) is 13.1 Å². The number of piperidine rings is 1. The quantitative estimate of drug-likeness (QED) is 0.847. The number of rotatable bonds is 2. The van der Waals surface area contributed by atoms with Gasteiger partial charge in [0.25, 0.3) is 11.8 Å². The van der Waals surface area contributed by atoms with Crippen LogP contribution in [0.2, 0.25) is 0 Å². The molecule has 0 radical (unpaired) electrons. The van der Waals surface area contributed by atoms with Crippen LogP contribution < -0.4 is 0 Å². The Balaban J connectivity index is 1.63. The molecule has 4 rings (SSSR count). The normalized spacial score (nSPS) is 26.0. The second-order valence-electron chi connectivity index (χ2n) is 6.26. The smallest absolute Gasteiger partial charge is 0.257 e. The second-order valence-corrected chi connectivity index (χ2v) is 6.26. The minimum Gasteiger partial charge on any atom is -0.463 e. The van der Waals surface area contributed by atoms with Crippen LogP contribution in [0.5, 0.6) is 0 Å². The van der Waals surface area contributed by atoms with E-state index >= 15 is 0 Å². The predicted octanol–water partition coefficient (Wildman–Crippen LogP) is 3.72. The zero-order valence-corrected chi connectivity index (χ0v) is 12.3. The summed E-state index contributed by atoms with van der Waals surface area (Å²) in [6.07, 6.45) is 2.71. The van der Waals surface area contributed by atoms with E-state index in [-0.39, 0.29) is 12.5 Å². The van der Waals surface area contributed by atoms with Gasteiger partial charge < -0.3 is 9.32 Å². The lowest BCUT2D eigenvalue weighted by molar-refractivity contribution is 0.0691. The molecule has 0 bridgehead atoms. The van der Waals surface area contributed by atoms with Crippen molar-refractivity contribution in [2.45, 2.75) is 25.7 Å². The van der Waals surface area contributed by atoms with Gasteiger partial charge in [0.15, 0.2) is 0 Å². The number of aryl methyl sites for hydroxylation is 1. The lowest BCUT2D eigenvalue weighted by Gasteiger charge is -2.25. The lowest BCUT2D eigenvalue weighted by Crippen LogP contribution is -2.36. The first-order valence-corrected chi connectivity index (χ1v) is 7.69. The van der Waals surface area contributed by atoms with E-state index in [1.807, 2.05) is 25.1 Å². The molecule has 0 spiro atoms. The average molecular weight is 305 g/mol. The van der Waals surface area contributed by atoms with Crippen molar-refractivity contribution in [3.8, 4) is 0 Å². The number of carbonyl (C=O) groups excluding carboxylic acids is 1. The maximum atomic E-state index is 13.5. The van der Waals surface area contributed by atoms with Crippen LogP contribution in [0.15, 0.2) is 28.9 Å². The number of halogens is 2. The number of likely N-dealkylation sites (tertiary alicyclic amines) is 1. The highest BCUT2D eigenvalue weighted by atomic mass is 19.3. The summed E-state index contributed by atoms with van der Waals surface area (Å²) < 4.78 is 32.4. The summed E-state index contributed by atoms with van der Waals surface area (Å²) >= 11 is 0. The number of hydrogen-bond donors (Lipinski definition) is 0. The average Bonchev–Trinajstić information content (AvgIpc) is 2.89. The first kappa shape index (κ1) is 13.7. The zero-order chi connectivity index (χ0) is 15.5. The first-order valence-electron chi connectivity index (χ1n) is 7.69. The highest BCUT2D eigenvalue weighted by molar-refractivity contribution is 6.06. The van der Waals surface area contributed by atoms with Crippen LogP contribution in [0.3, 0.4) is 0 Å². The van der Waals surface area contributed by atoms with Gasteiger partial charge in [-0.25, -0.2) is 8.78 Å². The maximum Gasteiger partial charge on any atom is 0.257 e. The summed E-state index contributed by atoms with van der Waals surface area (Å²) in [6.45, 7) is 2.59. The molecule has 116 valence electrons. The molecule has 1 aromatic heterocycles. The monoisotopic (exact) mass is 305 g/mol. The Labute approximate surface area is 126 Å². The van der Waals surface area contributed by atoms with E-state index in [2.05, 4.69) is 0 Å². The van der Waals surface area contributed by atoms with E-state index in [4.69, 9.17) is 4.42 Å². The molecule has 1 saturated carbocycles. The third-order valence-electron chi connectivity index (χ3n) is 5.06. The molecule has 2 fully saturated rings. The van der Waals surface area contributed by atoms with Gasteiger partial charge >= 0.3 is 0 Å². The fourth-order valence-corrected chi connectivity index (χ4v) is 3.54. The highest BCUT2D eigenvalue weighted by Gasteiger charge is 2.69. The van der Waals surface area contributed by atoms with E-state index in [9.17, 15) is 13.6 Å². The molecule has 0 N–H and O–H groups in total. The van der Waals surface area contributed by atoms with Crippen molar-refractivity contribution in [1.29, 1.82) is 0 Å². The summed E-state index contributed by atoms with van der Waals surface area (Å²) in [5.41, 5.74) is 2.26. The van der Waals surface area contributed by atoms with Gasteiger partial charge in [-0.1, -0.05) is 13.0 Å². The molecule has 2 aliphatic rings. The van der Waals surface area contributed by atoms with Crippen molar-refractivity contribution >= 4 is 16.9 Å². The number of benzene rings is 1. The third-order valence-corrected chi connectivity index (χ3v) is 5.06. The maximum absolute atomic E-state index is 13.5. The van der Waals surface area contributed by atoms with Crippen molar-refractivity contribution in [3.05, 3.63) is 35.6 Å². The standard InChI is InChI=1S/C17H17F2NO2/c1-2-10-3-4-15-11(7-10)12(9-22-15)16(21)20-6-5-13-14(8-20)17(13,18)19/h3-4,7,9,13-14H,2,5-6,8H2,1H3/t13-,14+/m0/s1. The molecule has 1 aliphatic heterocycles. The molecule has 5 heteroatoms. The Morgan fingerprint density at radius 2 is 2.23 bits per heavy atom. The Hall–Kier alpha value is -1.91. The van der Waals surface area contributed by atoms with Gasteiger partial charge in [0.05, 0.1) is 5.56 Å². The van der Waals surface area contributed by atoms with Gasteiger partial charge in [-0.3, -0.25) is 4.79 Å². The summed E-state index contributed by atoms with van der Waals surface area (Å²) in [6, 6.07) is 5.77. The van der Waals surface area contributed by atoms with Crippen LogP contribution in [0, 0.1) is 11.8 Å². The molecule has 2 aromatic rings. The molecule has 1 aromatic carbocycles. The Morgan fingerprint density at radius 3 is 2.95 bits per heavy atom. The summed E-state index contributed by atoms with van der Waals surface area (Å²) in [4.78, 5) is 14.2. The Kier molecular flexibility index (Phi) is 2.83. The fraction of sp³-hybridized carbons (Fsp3) is 0.471. The number of alkyl halides is 2. The van der Waals surface area contributed by atoms with Crippen LogP contribution in [0.25, 0.3) is 11.0 Å². The van der Waals surface area contributed by atoms with Crippen LogP contribution >= 0.6 is 0 Å². The van der Waals surface area contributed by atoms with E-state index in [0.29, 0.717) is 24.1 Å². The van der Waals surface area contributed by atoms with Crippen LogP contribution in [0.1, 0.15) is 29.3 Å². The SMILES string of the molecule is CCc1ccc2occ(C(=O)N3CC[C@H]4[C@@H](C3)C4(F)F)c2c1. The number of carbonyl (C=O) groups is 1. The molecule has 1 amide bonds. The van der Waals surface area contributed by atoms with Crippen LogP contribution in [-0.2, 0) is 6.42 Å². The largest absolute Gasteiger partial charge is 0.463 e. The predicted molar refractivity (Wildman–Crippen MR) is 78.0 cm³/mol. The molecular formula is C17H17F2NO2. The summed E-state index contributed by atoms with van der Waals surface area (Å²) in [7, 11) is 0. The van der Waals surface area contributed by atoms with Crippen molar-refractivity contribution in [1.82, 2.24) is 4.90 Å². The lowest BCUT2D eigenvalue weighted by atomic mass is 10.1. The number of hydrogen-bond acceptors (Lipinski definition) is 2. The van der Waals surface area contributed by atoms with Gasteiger partial charge in [0.1, 0.15) is 11.8 Å². The molecular weight excluding hydrogens is 288 g/mol. The van der Waals surface area contributed by atoms with E-state index in [1.165, 1.54) is 6.26 Å². The third kappa shape index (κ3) is 1.87. The van der Waals surface area contributed by atoms with E-state index in [0.717, 1.165) is 17.4 Å². The molecule has 3 nitrogen and oxygen atoms in total. The van der Waals surface area contributed by atoms with Gasteiger partial charge in [0, 0.05) is 30.3 Å². The van der Waals surface area contributed by atoms with Gasteiger partial charge in [-0.05, 0) is 30.5 Å². The molecule has 1 aliphatic carbocycles.